The number of imidazole rings is 1. The van der Waals surface area contributed by atoms with E-state index in [9.17, 15) is 4.39 Å². The molecule has 4 N–H and O–H groups in total. The van der Waals surface area contributed by atoms with E-state index in [1.165, 1.54) is 16.8 Å². The Morgan fingerprint density at radius 1 is 1.39 bits per heavy atom. The Kier molecular flexibility index (Phi) is 3.43. The van der Waals surface area contributed by atoms with Gasteiger partial charge in [0.2, 0.25) is 0 Å². The number of benzene rings is 1. The van der Waals surface area contributed by atoms with E-state index >= 15 is 0 Å². The van der Waals surface area contributed by atoms with Gasteiger partial charge in [-0.1, -0.05) is 18.5 Å². The highest BCUT2D eigenvalue weighted by atomic mass is 35.5. The minimum Gasteiger partial charge on any atom is -0.382 e. The SMILES string of the molecule is CCCc1nc(-c2cc(F)cc(Cl)c2)c(N)n1N. The summed E-state index contributed by atoms with van der Waals surface area (Å²) in [5, 5.41) is 0.299. The fourth-order valence-electron chi connectivity index (χ4n) is 1.80. The first-order valence-electron chi connectivity index (χ1n) is 5.61. The van der Waals surface area contributed by atoms with Crippen molar-refractivity contribution in [2.24, 2.45) is 0 Å². The summed E-state index contributed by atoms with van der Waals surface area (Å²) >= 11 is 5.81. The molecule has 2 rings (SSSR count). The fraction of sp³-hybridized carbons (Fsp3) is 0.250. The van der Waals surface area contributed by atoms with Crippen molar-refractivity contribution in [1.29, 1.82) is 0 Å². The lowest BCUT2D eigenvalue weighted by Gasteiger charge is -2.02. The first-order valence-corrected chi connectivity index (χ1v) is 5.99. The van der Waals surface area contributed by atoms with E-state index < -0.39 is 5.82 Å². The van der Waals surface area contributed by atoms with Gasteiger partial charge < -0.3 is 11.6 Å². The third-order valence-electron chi connectivity index (χ3n) is 2.63. The highest BCUT2D eigenvalue weighted by molar-refractivity contribution is 6.30. The highest BCUT2D eigenvalue weighted by Gasteiger charge is 2.15. The number of halogens is 2. The largest absolute Gasteiger partial charge is 0.382 e. The van der Waals surface area contributed by atoms with Crippen molar-refractivity contribution in [3.8, 4) is 11.3 Å². The molecule has 0 spiro atoms. The van der Waals surface area contributed by atoms with E-state index in [1.807, 2.05) is 6.92 Å². The molecule has 4 nitrogen and oxygen atoms in total. The van der Waals surface area contributed by atoms with Crippen LogP contribution < -0.4 is 11.6 Å². The van der Waals surface area contributed by atoms with Crippen molar-refractivity contribution < 1.29 is 4.39 Å². The molecule has 0 amide bonds. The summed E-state index contributed by atoms with van der Waals surface area (Å²) in [5.41, 5.74) is 6.86. The third kappa shape index (κ3) is 2.26. The molecule has 0 radical (unpaired) electrons. The number of aromatic nitrogens is 2. The summed E-state index contributed by atoms with van der Waals surface area (Å²) in [7, 11) is 0. The van der Waals surface area contributed by atoms with Crippen LogP contribution in [-0.4, -0.2) is 9.66 Å². The monoisotopic (exact) mass is 268 g/mol. The molecule has 0 atom stereocenters. The number of nitrogens with zero attached hydrogens (tertiary/aromatic N) is 2. The van der Waals surface area contributed by atoms with E-state index in [-0.39, 0.29) is 0 Å². The molecule has 2 aromatic rings. The zero-order valence-corrected chi connectivity index (χ0v) is 10.7. The van der Waals surface area contributed by atoms with Gasteiger partial charge in [0.05, 0.1) is 0 Å². The zero-order valence-electron chi connectivity index (χ0n) is 9.95. The van der Waals surface area contributed by atoms with Crippen molar-refractivity contribution in [2.45, 2.75) is 19.8 Å². The zero-order chi connectivity index (χ0) is 13.3. The first kappa shape index (κ1) is 12.7. The van der Waals surface area contributed by atoms with Gasteiger partial charge in [0.15, 0.2) is 5.82 Å². The first-order chi connectivity index (χ1) is 8.52. The summed E-state index contributed by atoms with van der Waals surface area (Å²) in [4.78, 5) is 4.34. The van der Waals surface area contributed by atoms with E-state index in [0.717, 1.165) is 6.42 Å². The van der Waals surface area contributed by atoms with Crippen LogP contribution in [0.1, 0.15) is 19.2 Å². The minimum absolute atomic E-state index is 0.299. The molecular weight excluding hydrogens is 255 g/mol. The molecule has 0 saturated carbocycles. The number of nitrogens with two attached hydrogens (primary N) is 2. The third-order valence-corrected chi connectivity index (χ3v) is 2.85. The van der Waals surface area contributed by atoms with Gasteiger partial charge in [-0.2, -0.15) is 0 Å². The molecule has 1 aromatic heterocycles. The van der Waals surface area contributed by atoms with Crippen molar-refractivity contribution in [3.63, 3.8) is 0 Å². The van der Waals surface area contributed by atoms with E-state index in [1.54, 1.807) is 6.07 Å². The summed E-state index contributed by atoms with van der Waals surface area (Å²) in [6.07, 6.45) is 1.61. The molecule has 0 aliphatic rings. The molecule has 1 aromatic carbocycles. The van der Waals surface area contributed by atoms with E-state index in [0.29, 0.717) is 34.3 Å². The Hall–Kier alpha value is -1.75. The summed E-state index contributed by atoms with van der Waals surface area (Å²) in [6.45, 7) is 2.02. The Morgan fingerprint density at radius 2 is 2.11 bits per heavy atom. The van der Waals surface area contributed by atoms with Gasteiger partial charge in [0, 0.05) is 17.0 Å². The summed E-state index contributed by atoms with van der Waals surface area (Å²) in [5.74, 6) is 6.35. The maximum atomic E-state index is 13.3. The Morgan fingerprint density at radius 3 is 2.72 bits per heavy atom. The molecule has 18 heavy (non-hydrogen) atoms. The number of anilines is 1. The van der Waals surface area contributed by atoms with Crippen LogP contribution in [0.5, 0.6) is 0 Å². The van der Waals surface area contributed by atoms with E-state index in [2.05, 4.69) is 4.98 Å². The predicted octanol–water partition coefficient (Wildman–Crippen LogP) is 2.59. The Balaban J connectivity index is 2.53. The minimum atomic E-state index is -0.430. The number of rotatable bonds is 3. The fourth-order valence-corrected chi connectivity index (χ4v) is 2.02. The number of aryl methyl sites for hydroxylation is 1. The van der Waals surface area contributed by atoms with Crippen molar-refractivity contribution >= 4 is 17.4 Å². The van der Waals surface area contributed by atoms with Crippen LogP contribution >= 0.6 is 11.6 Å². The second-order valence-electron chi connectivity index (χ2n) is 4.04. The molecule has 0 unspecified atom stereocenters. The molecule has 0 aliphatic carbocycles. The number of hydrogen-bond donors (Lipinski definition) is 2. The van der Waals surface area contributed by atoms with Gasteiger partial charge in [-0.3, -0.25) is 0 Å². The van der Waals surface area contributed by atoms with Gasteiger partial charge in [0.25, 0.3) is 0 Å². The normalized spacial score (nSPS) is 10.8. The van der Waals surface area contributed by atoms with Gasteiger partial charge in [0.1, 0.15) is 17.3 Å². The molecule has 0 aliphatic heterocycles. The molecule has 1 heterocycles. The van der Waals surface area contributed by atoms with Crippen molar-refractivity contribution in [3.05, 3.63) is 34.9 Å². The molecule has 0 bridgehead atoms. The van der Waals surface area contributed by atoms with Crippen molar-refractivity contribution in [2.75, 3.05) is 11.6 Å². The second-order valence-corrected chi connectivity index (χ2v) is 4.48. The highest BCUT2D eigenvalue weighted by Crippen LogP contribution is 2.28. The lowest BCUT2D eigenvalue weighted by Crippen LogP contribution is -2.15. The van der Waals surface area contributed by atoms with E-state index in [4.69, 9.17) is 23.2 Å². The van der Waals surface area contributed by atoms with Gasteiger partial charge in [-0.25, -0.2) is 14.1 Å². The predicted molar refractivity (Wildman–Crippen MR) is 71.2 cm³/mol. The molecule has 6 heteroatoms. The van der Waals surface area contributed by atoms with Gasteiger partial charge in [-0.05, 0) is 24.6 Å². The van der Waals surface area contributed by atoms with Crippen molar-refractivity contribution in [1.82, 2.24) is 9.66 Å². The quantitative estimate of drug-likeness (QED) is 0.841. The molecule has 96 valence electrons. The molecule has 0 saturated heterocycles. The summed E-state index contributed by atoms with van der Waals surface area (Å²) < 4.78 is 14.6. The van der Waals surface area contributed by atoms with Crippen LogP contribution in [0, 0.1) is 5.82 Å². The van der Waals surface area contributed by atoms with Crippen LogP contribution in [0.4, 0.5) is 10.2 Å². The van der Waals surface area contributed by atoms with Crippen LogP contribution in [0.2, 0.25) is 5.02 Å². The van der Waals surface area contributed by atoms with Crippen LogP contribution in [0.3, 0.4) is 0 Å². The maximum absolute atomic E-state index is 13.3. The Bertz CT molecular complexity index is 559. The second kappa shape index (κ2) is 4.86. The average Bonchev–Trinajstić information content (AvgIpc) is 2.57. The summed E-state index contributed by atoms with van der Waals surface area (Å²) in [6, 6.07) is 4.17. The lowest BCUT2D eigenvalue weighted by molar-refractivity contribution is 0.628. The molecular formula is C12H14ClFN4. The smallest absolute Gasteiger partial charge is 0.150 e. The molecule has 0 fully saturated rings. The van der Waals surface area contributed by atoms with Crippen LogP contribution in [0.25, 0.3) is 11.3 Å². The maximum Gasteiger partial charge on any atom is 0.150 e. The van der Waals surface area contributed by atoms with Crippen LogP contribution in [0.15, 0.2) is 18.2 Å². The average molecular weight is 269 g/mol. The lowest BCUT2D eigenvalue weighted by atomic mass is 10.1. The Labute approximate surface area is 109 Å². The number of nitrogen functional groups attached to an aromatic ring is 2. The topological polar surface area (TPSA) is 69.9 Å². The standard InChI is InChI=1S/C12H14ClFN4/c1-2-3-10-17-11(12(15)18(10)16)7-4-8(13)6-9(14)5-7/h4-6H,2-3,15-16H2,1H3. The van der Waals surface area contributed by atoms with Gasteiger partial charge in [-0.15, -0.1) is 0 Å². The van der Waals surface area contributed by atoms with Crippen LogP contribution in [-0.2, 0) is 6.42 Å². The number of hydrogen-bond acceptors (Lipinski definition) is 3. The van der Waals surface area contributed by atoms with Gasteiger partial charge >= 0.3 is 0 Å².